The number of aliphatic hydroxyl groups excluding tert-OH is 2. The molecule has 0 bridgehead atoms. The predicted octanol–water partition coefficient (Wildman–Crippen LogP) is -1.76. The summed E-state index contributed by atoms with van der Waals surface area (Å²) in [5, 5.41) is 18.8. The number of aliphatic hydroxyl groups is 2. The van der Waals surface area contributed by atoms with E-state index in [0.717, 1.165) is 0 Å². The molecule has 1 aliphatic heterocycles. The Kier molecular flexibility index (Phi) is 4.39. The molecule has 1 aliphatic rings. The first-order chi connectivity index (χ1) is 9.42. The molecule has 112 valence electrons. The first kappa shape index (κ1) is 14.9. The molecule has 3 N–H and O–H groups in total. The molecular formula is C12H19N3O5. The number of aromatic amines is 1. The first-order valence-corrected chi connectivity index (χ1v) is 6.36. The van der Waals surface area contributed by atoms with Crippen LogP contribution >= 0.6 is 0 Å². The van der Waals surface area contributed by atoms with E-state index in [2.05, 4.69) is 4.98 Å². The van der Waals surface area contributed by atoms with Crippen LogP contribution < -0.4 is 11.2 Å². The maximum Gasteiger partial charge on any atom is 0.330 e. The van der Waals surface area contributed by atoms with E-state index >= 15 is 0 Å². The largest absolute Gasteiger partial charge is 0.394 e. The van der Waals surface area contributed by atoms with Crippen LogP contribution in [0.25, 0.3) is 0 Å². The van der Waals surface area contributed by atoms with Crippen LogP contribution in [0.2, 0.25) is 0 Å². The van der Waals surface area contributed by atoms with Gasteiger partial charge in [-0.3, -0.25) is 14.3 Å². The van der Waals surface area contributed by atoms with E-state index in [0.29, 0.717) is 12.1 Å². The lowest BCUT2D eigenvalue weighted by Gasteiger charge is -2.16. The van der Waals surface area contributed by atoms with Crippen LogP contribution in [0, 0.1) is 0 Å². The van der Waals surface area contributed by atoms with Gasteiger partial charge in [0, 0.05) is 24.7 Å². The third-order valence-corrected chi connectivity index (χ3v) is 3.22. The molecule has 3 atom stereocenters. The Hall–Kier alpha value is -1.48. The summed E-state index contributed by atoms with van der Waals surface area (Å²) in [7, 11) is 3.62. The summed E-state index contributed by atoms with van der Waals surface area (Å²) >= 11 is 0. The summed E-state index contributed by atoms with van der Waals surface area (Å²) in [6.45, 7) is 0.0641. The van der Waals surface area contributed by atoms with Gasteiger partial charge in [0.05, 0.1) is 12.7 Å². The Labute approximate surface area is 115 Å². The van der Waals surface area contributed by atoms with E-state index in [1.165, 1.54) is 10.8 Å². The number of nitrogens with one attached hydrogen (secondary N) is 1. The third-order valence-electron chi connectivity index (χ3n) is 3.22. The van der Waals surface area contributed by atoms with Gasteiger partial charge in [0.1, 0.15) is 12.3 Å². The lowest BCUT2D eigenvalue weighted by molar-refractivity contribution is -0.0460. The topological polar surface area (TPSA) is 108 Å². The van der Waals surface area contributed by atoms with Gasteiger partial charge in [-0.15, -0.1) is 0 Å². The van der Waals surface area contributed by atoms with Gasteiger partial charge in [-0.1, -0.05) is 0 Å². The minimum absolute atomic E-state index is 0.193. The molecule has 0 aromatic carbocycles. The second kappa shape index (κ2) is 5.88. The van der Waals surface area contributed by atoms with Crippen molar-refractivity contribution in [1.29, 1.82) is 0 Å². The number of rotatable bonds is 4. The maximum atomic E-state index is 11.8. The van der Waals surface area contributed by atoms with Crippen LogP contribution in [0.3, 0.4) is 0 Å². The molecule has 8 heteroatoms. The van der Waals surface area contributed by atoms with Crippen LogP contribution in [-0.4, -0.2) is 57.6 Å². The van der Waals surface area contributed by atoms with E-state index in [1.807, 2.05) is 14.1 Å². The van der Waals surface area contributed by atoms with Gasteiger partial charge in [-0.25, -0.2) is 4.79 Å². The zero-order chi connectivity index (χ0) is 14.9. The number of hydrogen-bond acceptors (Lipinski definition) is 6. The molecule has 0 aliphatic carbocycles. The molecule has 2 rings (SSSR count). The monoisotopic (exact) mass is 285 g/mol. The van der Waals surface area contributed by atoms with Gasteiger partial charge >= 0.3 is 5.69 Å². The number of H-pyrrole nitrogens is 1. The average molecular weight is 285 g/mol. The van der Waals surface area contributed by atoms with E-state index in [1.54, 1.807) is 4.90 Å². The van der Waals surface area contributed by atoms with E-state index in [-0.39, 0.29) is 13.0 Å². The lowest BCUT2D eigenvalue weighted by Crippen LogP contribution is -2.35. The molecule has 0 amide bonds. The van der Waals surface area contributed by atoms with Gasteiger partial charge in [0.2, 0.25) is 0 Å². The van der Waals surface area contributed by atoms with Crippen molar-refractivity contribution in [3.05, 3.63) is 32.6 Å². The van der Waals surface area contributed by atoms with E-state index < -0.39 is 29.7 Å². The molecule has 2 heterocycles. The van der Waals surface area contributed by atoms with Crippen molar-refractivity contribution in [2.75, 3.05) is 20.7 Å². The highest BCUT2D eigenvalue weighted by atomic mass is 16.5. The second-order valence-electron chi connectivity index (χ2n) is 5.17. The first-order valence-electron chi connectivity index (χ1n) is 6.36. The second-order valence-corrected chi connectivity index (χ2v) is 5.17. The summed E-state index contributed by atoms with van der Waals surface area (Å²) in [6, 6.07) is 0. The minimum atomic E-state index is -0.832. The Bertz CT molecular complexity index is 579. The zero-order valence-corrected chi connectivity index (χ0v) is 11.4. The summed E-state index contributed by atoms with van der Waals surface area (Å²) in [5.74, 6) is 0. The normalized spacial score (nSPS) is 26.4. The lowest BCUT2D eigenvalue weighted by atomic mass is 10.2. The molecule has 8 nitrogen and oxygen atoms in total. The third kappa shape index (κ3) is 2.98. The zero-order valence-electron chi connectivity index (χ0n) is 11.4. The van der Waals surface area contributed by atoms with Gasteiger partial charge in [0.15, 0.2) is 0 Å². The van der Waals surface area contributed by atoms with Crippen LogP contribution in [0.4, 0.5) is 0 Å². The molecule has 1 saturated heterocycles. The summed E-state index contributed by atoms with van der Waals surface area (Å²) in [5.41, 5.74) is -0.592. The average Bonchev–Trinajstić information content (AvgIpc) is 2.73. The fourth-order valence-corrected chi connectivity index (χ4v) is 2.24. The Morgan fingerprint density at radius 1 is 1.50 bits per heavy atom. The highest BCUT2D eigenvalue weighted by Gasteiger charge is 2.35. The Morgan fingerprint density at radius 3 is 2.75 bits per heavy atom. The number of aromatic nitrogens is 2. The molecule has 1 fully saturated rings. The fraction of sp³-hybridized carbons (Fsp3) is 0.667. The van der Waals surface area contributed by atoms with Gasteiger partial charge in [-0.2, -0.15) is 0 Å². The van der Waals surface area contributed by atoms with Crippen LogP contribution in [0.15, 0.2) is 15.8 Å². The summed E-state index contributed by atoms with van der Waals surface area (Å²) < 4.78 is 6.67. The van der Waals surface area contributed by atoms with Crippen molar-refractivity contribution >= 4 is 0 Å². The number of ether oxygens (including phenoxy) is 1. The smallest absolute Gasteiger partial charge is 0.330 e. The van der Waals surface area contributed by atoms with Crippen molar-refractivity contribution in [2.45, 2.75) is 31.4 Å². The summed E-state index contributed by atoms with van der Waals surface area (Å²) in [6.07, 6.45) is -0.596. The van der Waals surface area contributed by atoms with Crippen molar-refractivity contribution in [1.82, 2.24) is 14.5 Å². The Balaban J connectivity index is 2.33. The van der Waals surface area contributed by atoms with Crippen molar-refractivity contribution in [3.8, 4) is 0 Å². The molecule has 1 aromatic heterocycles. The van der Waals surface area contributed by atoms with Crippen LogP contribution in [0.5, 0.6) is 0 Å². The van der Waals surface area contributed by atoms with Crippen LogP contribution in [0.1, 0.15) is 18.2 Å². The predicted molar refractivity (Wildman–Crippen MR) is 70.3 cm³/mol. The van der Waals surface area contributed by atoms with Crippen LogP contribution in [-0.2, 0) is 11.3 Å². The number of nitrogens with zero attached hydrogens (tertiary/aromatic N) is 2. The van der Waals surface area contributed by atoms with Crippen molar-refractivity contribution < 1.29 is 14.9 Å². The van der Waals surface area contributed by atoms with E-state index in [4.69, 9.17) is 9.84 Å². The molecule has 0 radical (unpaired) electrons. The molecule has 1 aromatic rings. The Morgan fingerprint density at radius 2 is 2.20 bits per heavy atom. The van der Waals surface area contributed by atoms with Gasteiger partial charge < -0.3 is 19.8 Å². The molecule has 0 spiro atoms. The molecule has 0 unspecified atom stereocenters. The molecule has 0 saturated carbocycles. The minimum Gasteiger partial charge on any atom is -0.394 e. The number of hydrogen-bond donors (Lipinski definition) is 3. The maximum absolute atomic E-state index is 11.8. The summed E-state index contributed by atoms with van der Waals surface area (Å²) in [4.78, 5) is 27.6. The SMILES string of the molecule is CN(C)Cc1cn([C@H]2C[C@H](O)[C@@H](CO)O2)c(=O)[nH]c1=O. The van der Waals surface area contributed by atoms with Gasteiger partial charge in [0.25, 0.3) is 5.56 Å². The van der Waals surface area contributed by atoms with Gasteiger partial charge in [-0.05, 0) is 14.1 Å². The quantitative estimate of drug-likeness (QED) is 0.605. The molecular weight excluding hydrogens is 266 g/mol. The highest BCUT2D eigenvalue weighted by Crippen LogP contribution is 2.27. The van der Waals surface area contributed by atoms with E-state index in [9.17, 15) is 14.7 Å². The van der Waals surface area contributed by atoms with Crippen molar-refractivity contribution in [2.24, 2.45) is 0 Å². The highest BCUT2D eigenvalue weighted by molar-refractivity contribution is 5.05. The standard InChI is InChI=1S/C12H19N3O5/c1-14(2)4-7-5-15(12(19)13-11(7)18)10-3-8(17)9(6-16)20-10/h5,8-10,16-17H,3-4,6H2,1-2H3,(H,13,18,19)/t8-,9+,10+/m0/s1. The molecule has 20 heavy (non-hydrogen) atoms. The fourth-order valence-electron chi connectivity index (χ4n) is 2.24. The van der Waals surface area contributed by atoms with Crippen molar-refractivity contribution in [3.63, 3.8) is 0 Å².